The van der Waals surface area contributed by atoms with Gasteiger partial charge in [0.1, 0.15) is 0 Å². The molecular formula is C33H64. The number of unbranched alkanes of at least 4 members (excludes halogenated alkanes) is 27. The Morgan fingerprint density at radius 3 is 0.848 bits per heavy atom. The molecule has 0 rings (SSSR count). The van der Waals surface area contributed by atoms with Crippen molar-refractivity contribution in [3.63, 3.8) is 0 Å². The molecular weight excluding hydrogens is 396 g/mol. The normalized spacial score (nSPS) is 11.5. The highest BCUT2D eigenvalue weighted by Gasteiger charge is 1.96. The lowest BCUT2D eigenvalue weighted by Crippen LogP contribution is -1.84. The Labute approximate surface area is 211 Å². The van der Waals surface area contributed by atoms with E-state index in [9.17, 15) is 0 Å². The Bertz CT molecular complexity index is 366. The molecule has 0 heterocycles. The predicted octanol–water partition coefficient (Wildman–Crippen LogP) is 12.7. The lowest BCUT2D eigenvalue weighted by molar-refractivity contribution is 0.515. The molecule has 0 radical (unpaired) electrons. The number of allylic oxidation sites excluding steroid dienone is 3. The molecule has 0 aromatic heterocycles. The minimum absolute atomic E-state index is 1.23. The van der Waals surface area contributed by atoms with Crippen LogP contribution in [0.4, 0.5) is 0 Å². The van der Waals surface area contributed by atoms with Gasteiger partial charge in [-0.2, -0.15) is 0 Å². The van der Waals surface area contributed by atoms with Crippen molar-refractivity contribution in [2.75, 3.05) is 0 Å². The van der Waals surface area contributed by atoms with Gasteiger partial charge in [-0.3, -0.25) is 0 Å². The van der Waals surface area contributed by atoms with Crippen LogP contribution in [0.3, 0.4) is 0 Å². The second-order valence-corrected chi connectivity index (χ2v) is 10.6. The smallest absolute Gasteiger partial charge is 0.0348 e. The first-order chi connectivity index (χ1) is 16.4. The lowest BCUT2D eigenvalue weighted by atomic mass is 10.0. The lowest BCUT2D eigenvalue weighted by Gasteiger charge is -2.04. The second-order valence-electron chi connectivity index (χ2n) is 10.6. The third-order valence-corrected chi connectivity index (χ3v) is 7.25. The van der Waals surface area contributed by atoms with Gasteiger partial charge in [0.05, 0.1) is 0 Å². The predicted molar refractivity (Wildman–Crippen MR) is 154 cm³/mol. The molecule has 0 amide bonds. The molecule has 0 spiro atoms. The molecule has 0 bridgehead atoms. The summed E-state index contributed by atoms with van der Waals surface area (Å²) in [7, 11) is 0. The Balaban J connectivity index is 3.01. The largest absolute Gasteiger partial charge is 0.0991 e. The maximum absolute atomic E-state index is 3.71. The van der Waals surface area contributed by atoms with Crippen molar-refractivity contribution >= 4 is 0 Å². The van der Waals surface area contributed by atoms with Crippen LogP contribution in [0.5, 0.6) is 0 Å². The van der Waals surface area contributed by atoms with E-state index in [1.807, 2.05) is 6.08 Å². The molecule has 0 unspecified atom stereocenters. The first-order valence-electron chi connectivity index (χ1n) is 15.7. The minimum atomic E-state index is 1.23. The zero-order chi connectivity index (χ0) is 23.9. The second kappa shape index (κ2) is 31.5. The fourth-order valence-corrected chi connectivity index (χ4v) is 4.95. The zero-order valence-electron chi connectivity index (χ0n) is 23.2. The molecule has 0 nitrogen and oxygen atoms in total. The summed E-state index contributed by atoms with van der Waals surface area (Å²) in [6.07, 6.45) is 47.0. The van der Waals surface area contributed by atoms with Crippen LogP contribution < -0.4 is 0 Å². The van der Waals surface area contributed by atoms with Crippen LogP contribution in [0.15, 0.2) is 24.8 Å². The Kier molecular flexibility index (Phi) is 31.0. The molecule has 0 heteroatoms. The summed E-state index contributed by atoms with van der Waals surface area (Å²) in [5.41, 5.74) is 0. The third kappa shape index (κ3) is 31.5. The van der Waals surface area contributed by atoms with Crippen molar-refractivity contribution in [3.8, 4) is 0 Å². The van der Waals surface area contributed by atoms with Gasteiger partial charge in [0, 0.05) is 0 Å². The Morgan fingerprint density at radius 1 is 0.364 bits per heavy atom. The van der Waals surface area contributed by atoms with Gasteiger partial charge in [-0.1, -0.05) is 199 Å². The van der Waals surface area contributed by atoms with E-state index in [2.05, 4.69) is 25.7 Å². The summed E-state index contributed by atoms with van der Waals surface area (Å²) in [6.45, 7) is 6.01. The van der Waals surface area contributed by atoms with Crippen LogP contribution in [-0.2, 0) is 0 Å². The van der Waals surface area contributed by atoms with E-state index in [1.165, 1.54) is 180 Å². The molecule has 0 fully saturated rings. The van der Waals surface area contributed by atoms with Crippen molar-refractivity contribution in [1.82, 2.24) is 0 Å². The summed E-state index contributed by atoms with van der Waals surface area (Å²) in [5.74, 6) is 0. The first-order valence-corrected chi connectivity index (χ1v) is 15.7. The van der Waals surface area contributed by atoms with E-state index in [1.54, 1.807) is 0 Å². The van der Waals surface area contributed by atoms with E-state index in [-0.39, 0.29) is 0 Å². The van der Waals surface area contributed by atoms with Gasteiger partial charge < -0.3 is 0 Å². The maximum Gasteiger partial charge on any atom is -0.0348 e. The summed E-state index contributed by atoms with van der Waals surface area (Å²) < 4.78 is 0. The number of rotatable bonds is 29. The van der Waals surface area contributed by atoms with Crippen molar-refractivity contribution in [2.45, 2.75) is 187 Å². The third-order valence-electron chi connectivity index (χ3n) is 7.25. The molecule has 33 heavy (non-hydrogen) atoms. The minimum Gasteiger partial charge on any atom is -0.0991 e. The van der Waals surface area contributed by atoms with Gasteiger partial charge in [-0.25, -0.2) is 0 Å². The Hall–Kier alpha value is -0.520. The van der Waals surface area contributed by atoms with E-state index in [0.29, 0.717) is 0 Å². The van der Waals surface area contributed by atoms with E-state index >= 15 is 0 Å². The Morgan fingerprint density at radius 2 is 0.606 bits per heavy atom. The number of hydrogen-bond donors (Lipinski definition) is 0. The van der Waals surface area contributed by atoms with Gasteiger partial charge in [0.15, 0.2) is 0 Å². The quantitative estimate of drug-likeness (QED) is 0.0768. The van der Waals surface area contributed by atoms with Crippen LogP contribution in [0, 0.1) is 0 Å². The van der Waals surface area contributed by atoms with Gasteiger partial charge in [0.25, 0.3) is 0 Å². The van der Waals surface area contributed by atoms with Crippen LogP contribution >= 0.6 is 0 Å². The highest BCUT2D eigenvalue weighted by Crippen LogP contribution is 2.16. The van der Waals surface area contributed by atoms with Gasteiger partial charge in [-0.05, 0) is 12.8 Å². The van der Waals surface area contributed by atoms with Crippen LogP contribution in [0.1, 0.15) is 187 Å². The van der Waals surface area contributed by atoms with Crippen molar-refractivity contribution in [1.29, 1.82) is 0 Å². The van der Waals surface area contributed by atoms with E-state index in [0.717, 1.165) is 0 Å². The molecule has 0 aromatic rings. The SMILES string of the molecule is C=C/C=C/CCCCCCCCCCCCCCCCCCCCCCCCCCCCC. The monoisotopic (exact) mass is 461 g/mol. The molecule has 0 N–H and O–H groups in total. The highest BCUT2D eigenvalue weighted by atomic mass is 14.0. The summed E-state index contributed by atoms with van der Waals surface area (Å²) >= 11 is 0. The standard InChI is InChI=1S/C33H64/c1-3-5-7-9-11-13-15-17-19-21-23-25-27-29-31-33-32-30-28-26-24-22-20-18-16-14-12-10-8-6-4-2/h3,5,7H,1,4,6,8-33H2,2H3/b7-5+. The van der Waals surface area contributed by atoms with Crippen molar-refractivity contribution < 1.29 is 0 Å². The van der Waals surface area contributed by atoms with Crippen LogP contribution in [0.25, 0.3) is 0 Å². The average Bonchev–Trinajstić information content (AvgIpc) is 2.83. The fourth-order valence-electron chi connectivity index (χ4n) is 4.95. The van der Waals surface area contributed by atoms with Gasteiger partial charge in [-0.15, -0.1) is 0 Å². The summed E-state index contributed by atoms with van der Waals surface area (Å²) in [4.78, 5) is 0. The molecule has 196 valence electrons. The molecule has 0 aliphatic carbocycles. The van der Waals surface area contributed by atoms with Crippen molar-refractivity contribution in [2.24, 2.45) is 0 Å². The molecule has 0 aromatic carbocycles. The van der Waals surface area contributed by atoms with E-state index < -0.39 is 0 Å². The molecule has 0 saturated heterocycles. The summed E-state index contributed by atoms with van der Waals surface area (Å²) in [5, 5.41) is 0. The van der Waals surface area contributed by atoms with Crippen LogP contribution in [-0.4, -0.2) is 0 Å². The highest BCUT2D eigenvalue weighted by molar-refractivity contribution is 4.96. The molecule has 0 aliphatic heterocycles. The maximum atomic E-state index is 3.71. The van der Waals surface area contributed by atoms with Gasteiger partial charge in [0.2, 0.25) is 0 Å². The fraction of sp³-hybridized carbons (Fsp3) is 0.879. The van der Waals surface area contributed by atoms with E-state index in [4.69, 9.17) is 0 Å². The zero-order valence-corrected chi connectivity index (χ0v) is 23.2. The summed E-state index contributed by atoms with van der Waals surface area (Å²) in [6, 6.07) is 0. The molecule has 0 saturated carbocycles. The first kappa shape index (κ1) is 32.5. The average molecular weight is 461 g/mol. The van der Waals surface area contributed by atoms with Crippen LogP contribution in [0.2, 0.25) is 0 Å². The van der Waals surface area contributed by atoms with Gasteiger partial charge >= 0.3 is 0 Å². The molecule has 0 aliphatic rings. The topological polar surface area (TPSA) is 0 Å². The molecule has 0 atom stereocenters. The number of hydrogen-bond acceptors (Lipinski definition) is 0. The van der Waals surface area contributed by atoms with Crippen molar-refractivity contribution in [3.05, 3.63) is 24.8 Å².